The highest BCUT2D eigenvalue weighted by molar-refractivity contribution is 4.88. The molecule has 0 N–H and O–H groups in total. The molecule has 0 aromatic heterocycles. The summed E-state index contributed by atoms with van der Waals surface area (Å²) in [7, 11) is 8.20. The first kappa shape index (κ1) is 9.50. The number of likely N-dealkylation sites (N-methyl/N-ethyl adjacent to an activating group) is 1. The van der Waals surface area contributed by atoms with Crippen molar-refractivity contribution >= 4 is 0 Å². The van der Waals surface area contributed by atoms with Crippen LogP contribution in [0.5, 0.6) is 0 Å². The van der Waals surface area contributed by atoms with Gasteiger partial charge in [-0.25, -0.2) is 0 Å². The molecule has 0 amide bonds. The van der Waals surface area contributed by atoms with Crippen LogP contribution in [0.15, 0.2) is 12.3 Å². The number of nitrogens with zero attached hydrogens (tertiary/aromatic N) is 2. The topological polar surface area (TPSA) is 6.48 Å². The van der Waals surface area contributed by atoms with Gasteiger partial charge in [-0.2, -0.15) is 0 Å². The van der Waals surface area contributed by atoms with E-state index in [2.05, 4.69) is 38.2 Å². The van der Waals surface area contributed by atoms with E-state index in [4.69, 9.17) is 0 Å². The van der Waals surface area contributed by atoms with Gasteiger partial charge >= 0.3 is 0 Å². The zero-order valence-electron chi connectivity index (χ0n) is 7.63. The molecule has 0 aliphatic carbocycles. The van der Waals surface area contributed by atoms with Crippen LogP contribution in [0.25, 0.3) is 0 Å². The molecule has 60 valence electrons. The summed E-state index contributed by atoms with van der Waals surface area (Å²) in [6, 6.07) is 0.516. The van der Waals surface area contributed by atoms with E-state index in [1.54, 1.807) is 0 Å². The van der Waals surface area contributed by atoms with Crippen LogP contribution < -0.4 is 0 Å². The lowest BCUT2D eigenvalue weighted by molar-refractivity contribution is 0.360. The second-order valence-electron chi connectivity index (χ2n) is 3.01. The SMILES string of the molecule is CC(C=CN(C)C)N(C)C. The normalized spacial score (nSPS) is 14.6. The van der Waals surface area contributed by atoms with E-state index in [1.165, 1.54) is 0 Å². The smallest absolute Gasteiger partial charge is 0.0260 e. The van der Waals surface area contributed by atoms with Gasteiger partial charge in [0.1, 0.15) is 0 Å². The van der Waals surface area contributed by atoms with Crippen molar-refractivity contribution < 1.29 is 0 Å². The minimum absolute atomic E-state index is 0.516. The van der Waals surface area contributed by atoms with Crippen molar-refractivity contribution in [3.05, 3.63) is 12.3 Å². The molecule has 0 heterocycles. The van der Waals surface area contributed by atoms with Crippen LogP contribution in [0, 0.1) is 0 Å². The summed E-state index contributed by atoms with van der Waals surface area (Å²) >= 11 is 0. The van der Waals surface area contributed by atoms with Crippen molar-refractivity contribution in [2.24, 2.45) is 0 Å². The van der Waals surface area contributed by atoms with Gasteiger partial charge in [0.25, 0.3) is 0 Å². The minimum Gasteiger partial charge on any atom is -0.384 e. The average molecular weight is 142 g/mol. The first-order valence-corrected chi connectivity index (χ1v) is 3.55. The Bertz CT molecular complexity index is 106. The van der Waals surface area contributed by atoms with E-state index < -0.39 is 0 Å². The monoisotopic (exact) mass is 142 g/mol. The maximum absolute atomic E-state index is 2.17. The molecule has 10 heavy (non-hydrogen) atoms. The zero-order valence-corrected chi connectivity index (χ0v) is 7.63. The Morgan fingerprint density at radius 1 is 1.10 bits per heavy atom. The first-order valence-electron chi connectivity index (χ1n) is 3.55. The molecule has 0 radical (unpaired) electrons. The molecule has 0 saturated carbocycles. The Hall–Kier alpha value is -0.500. The third-order valence-electron chi connectivity index (χ3n) is 1.48. The Labute approximate surface area is 64.1 Å². The first-order chi connectivity index (χ1) is 4.54. The summed E-state index contributed by atoms with van der Waals surface area (Å²) in [5.41, 5.74) is 0. The maximum atomic E-state index is 2.17. The molecule has 0 rings (SSSR count). The average Bonchev–Trinajstić information content (AvgIpc) is 1.82. The summed E-state index contributed by atoms with van der Waals surface area (Å²) in [6.07, 6.45) is 4.24. The zero-order chi connectivity index (χ0) is 8.15. The molecule has 1 atom stereocenters. The largest absolute Gasteiger partial charge is 0.384 e. The van der Waals surface area contributed by atoms with Gasteiger partial charge in [-0.3, -0.25) is 0 Å². The van der Waals surface area contributed by atoms with Crippen LogP contribution in [0.2, 0.25) is 0 Å². The summed E-state index contributed by atoms with van der Waals surface area (Å²) < 4.78 is 0. The lowest BCUT2D eigenvalue weighted by Gasteiger charge is -2.16. The molecule has 0 aromatic carbocycles. The van der Waals surface area contributed by atoms with Gasteiger partial charge in [0.15, 0.2) is 0 Å². The molecule has 0 bridgehead atoms. The van der Waals surface area contributed by atoms with E-state index in [0.29, 0.717) is 6.04 Å². The number of hydrogen-bond acceptors (Lipinski definition) is 2. The minimum atomic E-state index is 0.516. The number of hydrogen-bond donors (Lipinski definition) is 0. The van der Waals surface area contributed by atoms with Gasteiger partial charge in [-0.15, -0.1) is 0 Å². The Balaban J connectivity index is 3.66. The molecule has 2 heteroatoms. The fourth-order valence-electron chi connectivity index (χ4n) is 0.469. The molecule has 0 fully saturated rings. The Kier molecular flexibility index (Phi) is 4.12. The quantitative estimate of drug-likeness (QED) is 0.580. The Morgan fingerprint density at radius 3 is 1.90 bits per heavy atom. The van der Waals surface area contributed by atoms with Crippen LogP contribution in [0.4, 0.5) is 0 Å². The van der Waals surface area contributed by atoms with Crippen LogP contribution in [0.3, 0.4) is 0 Å². The second kappa shape index (κ2) is 4.34. The van der Waals surface area contributed by atoms with E-state index in [-0.39, 0.29) is 0 Å². The molecular weight excluding hydrogens is 124 g/mol. The lowest BCUT2D eigenvalue weighted by Crippen LogP contribution is -2.22. The van der Waals surface area contributed by atoms with Crippen molar-refractivity contribution in [3.8, 4) is 0 Å². The van der Waals surface area contributed by atoms with Crippen molar-refractivity contribution in [3.63, 3.8) is 0 Å². The van der Waals surface area contributed by atoms with Gasteiger partial charge in [0, 0.05) is 20.1 Å². The van der Waals surface area contributed by atoms with Crippen molar-refractivity contribution in [2.75, 3.05) is 28.2 Å². The van der Waals surface area contributed by atoms with E-state index in [0.717, 1.165) is 0 Å². The summed E-state index contributed by atoms with van der Waals surface area (Å²) in [6.45, 7) is 2.17. The Morgan fingerprint density at radius 2 is 1.60 bits per heavy atom. The van der Waals surface area contributed by atoms with Crippen molar-refractivity contribution in [1.82, 2.24) is 9.80 Å². The highest BCUT2D eigenvalue weighted by Gasteiger charge is 1.96. The van der Waals surface area contributed by atoms with Gasteiger partial charge in [0.05, 0.1) is 0 Å². The predicted molar refractivity (Wildman–Crippen MR) is 46.0 cm³/mol. The third kappa shape index (κ3) is 4.39. The molecule has 2 nitrogen and oxygen atoms in total. The molecular formula is C8H18N2. The standard InChI is InChI=1S/C8H18N2/c1-8(10(4)5)6-7-9(2)3/h6-8H,1-5H3. The highest BCUT2D eigenvalue weighted by atomic mass is 15.1. The van der Waals surface area contributed by atoms with Crippen LogP contribution in [0.1, 0.15) is 6.92 Å². The van der Waals surface area contributed by atoms with Gasteiger partial charge in [-0.05, 0) is 27.2 Å². The highest BCUT2D eigenvalue weighted by Crippen LogP contribution is 1.93. The van der Waals surface area contributed by atoms with E-state index in [9.17, 15) is 0 Å². The number of rotatable bonds is 3. The van der Waals surface area contributed by atoms with Crippen molar-refractivity contribution in [1.29, 1.82) is 0 Å². The summed E-state index contributed by atoms with van der Waals surface area (Å²) in [5, 5.41) is 0. The molecule has 0 aliphatic heterocycles. The van der Waals surface area contributed by atoms with Gasteiger partial charge in [-0.1, -0.05) is 6.08 Å². The van der Waals surface area contributed by atoms with Crippen molar-refractivity contribution in [2.45, 2.75) is 13.0 Å². The summed E-state index contributed by atoms with van der Waals surface area (Å²) in [5.74, 6) is 0. The molecule has 1 unspecified atom stereocenters. The third-order valence-corrected chi connectivity index (χ3v) is 1.48. The van der Waals surface area contributed by atoms with Gasteiger partial charge in [0.2, 0.25) is 0 Å². The van der Waals surface area contributed by atoms with Crippen LogP contribution >= 0.6 is 0 Å². The van der Waals surface area contributed by atoms with Crippen LogP contribution in [-0.4, -0.2) is 44.0 Å². The second-order valence-corrected chi connectivity index (χ2v) is 3.01. The fraction of sp³-hybridized carbons (Fsp3) is 0.750. The predicted octanol–water partition coefficient (Wildman–Crippen LogP) is 1.01. The molecule has 0 aromatic rings. The van der Waals surface area contributed by atoms with E-state index >= 15 is 0 Å². The molecule has 0 aliphatic rings. The molecule has 0 saturated heterocycles. The van der Waals surface area contributed by atoms with Gasteiger partial charge < -0.3 is 9.80 Å². The maximum Gasteiger partial charge on any atom is 0.0260 e. The fourth-order valence-corrected chi connectivity index (χ4v) is 0.469. The molecule has 0 spiro atoms. The summed E-state index contributed by atoms with van der Waals surface area (Å²) in [4.78, 5) is 4.21. The van der Waals surface area contributed by atoms with Crippen LogP contribution in [-0.2, 0) is 0 Å². The van der Waals surface area contributed by atoms with E-state index in [1.807, 2.05) is 19.0 Å². The lowest BCUT2D eigenvalue weighted by atomic mass is 10.3.